The van der Waals surface area contributed by atoms with Crippen molar-refractivity contribution in [2.45, 2.75) is 32.2 Å². The molecule has 0 bridgehead atoms. The van der Waals surface area contributed by atoms with Gasteiger partial charge in [0.1, 0.15) is 5.00 Å². The van der Waals surface area contributed by atoms with Crippen LogP contribution in [0.3, 0.4) is 0 Å². The predicted octanol–water partition coefficient (Wildman–Crippen LogP) is 3.16. The molecule has 2 aromatic rings. The van der Waals surface area contributed by atoms with Gasteiger partial charge in [0.2, 0.25) is 5.91 Å². The summed E-state index contributed by atoms with van der Waals surface area (Å²) in [6.45, 7) is 5.90. The third-order valence-corrected chi connectivity index (χ3v) is 5.52. The summed E-state index contributed by atoms with van der Waals surface area (Å²) in [6.07, 6.45) is 2.07. The van der Waals surface area contributed by atoms with Gasteiger partial charge in [-0.15, -0.1) is 11.3 Å². The number of hydrogen-bond donors (Lipinski definition) is 1. The Labute approximate surface area is 154 Å². The summed E-state index contributed by atoms with van der Waals surface area (Å²) in [5, 5.41) is 15.3. The van der Waals surface area contributed by atoms with Crippen LogP contribution in [0.25, 0.3) is 0 Å². The summed E-state index contributed by atoms with van der Waals surface area (Å²) in [5.41, 5.74) is 1.33. The number of esters is 1. The van der Waals surface area contributed by atoms with Gasteiger partial charge in [-0.3, -0.25) is 4.79 Å². The third kappa shape index (κ3) is 4.73. The molecule has 0 fully saturated rings. The number of rotatable bonds is 7. The number of carbonyl (C=O) groups is 2. The van der Waals surface area contributed by atoms with Crippen molar-refractivity contribution in [1.82, 2.24) is 0 Å². The number of thiophene rings is 1. The summed E-state index contributed by atoms with van der Waals surface area (Å²) in [7, 11) is 0. The minimum atomic E-state index is -0.424. The maximum absolute atomic E-state index is 12.2. The molecule has 0 unspecified atom stereocenters. The van der Waals surface area contributed by atoms with Gasteiger partial charge in [-0.25, -0.2) is 4.79 Å². The van der Waals surface area contributed by atoms with Gasteiger partial charge in [-0.05, 0) is 43.7 Å². The fraction of sp³-hybridized carbons (Fsp3) is 0.353. The van der Waals surface area contributed by atoms with Crippen molar-refractivity contribution < 1.29 is 19.1 Å². The predicted molar refractivity (Wildman–Crippen MR) is 99.1 cm³/mol. The standard InChI is InChI=1S/C17H20N2O4S2/c1-4-12-11(3)25-16(15(12)17(21)23-5-2)18-13(20)10-24-14-8-6-7-9-19(14)22/h6-9H,4-5,10H2,1-3H3,(H,18,20). The summed E-state index contributed by atoms with van der Waals surface area (Å²) >= 11 is 2.51. The summed E-state index contributed by atoms with van der Waals surface area (Å²) in [4.78, 5) is 25.5. The second-order valence-corrected chi connectivity index (χ2v) is 7.34. The smallest absolute Gasteiger partial charge is 0.341 e. The Hall–Kier alpha value is -2.06. The average Bonchev–Trinajstić information content (AvgIpc) is 2.89. The van der Waals surface area contributed by atoms with E-state index in [-0.39, 0.29) is 18.3 Å². The molecule has 2 heterocycles. The van der Waals surface area contributed by atoms with Crippen LogP contribution >= 0.6 is 23.1 Å². The fourth-order valence-electron chi connectivity index (χ4n) is 2.34. The number of ether oxygens (including phenoxy) is 1. The highest BCUT2D eigenvalue weighted by Gasteiger charge is 2.23. The highest BCUT2D eigenvalue weighted by molar-refractivity contribution is 7.99. The van der Waals surface area contributed by atoms with Gasteiger partial charge >= 0.3 is 5.97 Å². The second kappa shape index (κ2) is 8.87. The van der Waals surface area contributed by atoms with E-state index in [1.807, 2.05) is 13.8 Å². The number of aromatic nitrogens is 1. The van der Waals surface area contributed by atoms with E-state index in [1.54, 1.807) is 25.1 Å². The highest BCUT2D eigenvalue weighted by atomic mass is 32.2. The molecule has 0 spiro atoms. The minimum Gasteiger partial charge on any atom is -0.618 e. The van der Waals surface area contributed by atoms with Crippen molar-refractivity contribution in [2.24, 2.45) is 0 Å². The molecule has 0 atom stereocenters. The van der Waals surface area contributed by atoms with Gasteiger partial charge in [0.15, 0.2) is 6.20 Å². The van der Waals surface area contributed by atoms with Crippen LogP contribution in [-0.4, -0.2) is 24.2 Å². The fourth-order valence-corrected chi connectivity index (χ4v) is 4.20. The molecule has 0 saturated carbocycles. The Kier molecular flexibility index (Phi) is 6.83. The maximum atomic E-state index is 12.2. The molecule has 6 nitrogen and oxygen atoms in total. The van der Waals surface area contributed by atoms with Gasteiger partial charge < -0.3 is 15.3 Å². The first-order valence-corrected chi connectivity index (χ1v) is 9.68. The molecule has 0 aliphatic carbocycles. The van der Waals surface area contributed by atoms with E-state index in [2.05, 4.69) is 5.32 Å². The number of anilines is 1. The molecule has 0 aliphatic rings. The van der Waals surface area contributed by atoms with Crippen LogP contribution in [0.1, 0.15) is 34.6 Å². The molecule has 0 saturated heterocycles. The van der Waals surface area contributed by atoms with Crippen LogP contribution in [0.2, 0.25) is 0 Å². The summed E-state index contributed by atoms with van der Waals surface area (Å²) < 4.78 is 5.83. The molecule has 25 heavy (non-hydrogen) atoms. The van der Waals surface area contributed by atoms with Gasteiger partial charge in [-0.1, -0.05) is 6.92 Å². The Morgan fingerprint density at radius 3 is 2.76 bits per heavy atom. The van der Waals surface area contributed by atoms with Crippen LogP contribution in [0.5, 0.6) is 0 Å². The van der Waals surface area contributed by atoms with Crippen LogP contribution in [0, 0.1) is 12.1 Å². The molecule has 1 amide bonds. The SMILES string of the molecule is CCOC(=O)c1c(NC(=O)CSc2cccc[n+]2[O-])sc(C)c1CC. The maximum Gasteiger partial charge on any atom is 0.341 e. The number of aryl methyl sites for hydroxylation is 1. The number of carbonyl (C=O) groups excluding carboxylic acids is 2. The Morgan fingerprint density at radius 1 is 1.36 bits per heavy atom. The lowest BCUT2D eigenvalue weighted by molar-refractivity contribution is -0.645. The van der Waals surface area contributed by atoms with E-state index in [4.69, 9.17) is 4.74 Å². The normalized spacial score (nSPS) is 10.5. The highest BCUT2D eigenvalue weighted by Crippen LogP contribution is 2.34. The van der Waals surface area contributed by atoms with Gasteiger partial charge in [-0.2, -0.15) is 4.73 Å². The zero-order chi connectivity index (χ0) is 18.4. The lowest BCUT2D eigenvalue weighted by atomic mass is 10.1. The molecule has 0 radical (unpaired) electrons. The quantitative estimate of drug-likeness (QED) is 0.345. The molecule has 2 rings (SSSR count). The molecule has 1 N–H and O–H groups in total. The second-order valence-electron chi connectivity index (χ2n) is 5.12. The van der Waals surface area contributed by atoms with Crippen molar-refractivity contribution >= 4 is 40.0 Å². The van der Waals surface area contributed by atoms with Crippen molar-refractivity contribution in [3.8, 4) is 0 Å². The van der Waals surface area contributed by atoms with Gasteiger partial charge in [0, 0.05) is 17.0 Å². The van der Waals surface area contributed by atoms with Crippen LogP contribution < -0.4 is 10.0 Å². The van der Waals surface area contributed by atoms with E-state index in [0.717, 1.165) is 22.2 Å². The molecule has 2 aromatic heterocycles. The number of nitrogens with zero attached hydrogens (tertiary/aromatic N) is 1. The van der Waals surface area contributed by atoms with E-state index in [1.165, 1.54) is 17.5 Å². The van der Waals surface area contributed by atoms with Crippen molar-refractivity contribution in [1.29, 1.82) is 0 Å². The zero-order valence-electron chi connectivity index (χ0n) is 14.3. The third-order valence-electron chi connectivity index (χ3n) is 3.43. The lowest BCUT2D eigenvalue weighted by Gasteiger charge is -2.08. The molecule has 134 valence electrons. The Balaban J connectivity index is 2.12. The van der Waals surface area contributed by atoms with E-state index >= 15 is 0 Å². The van der Waals surface area contributed by atoms with E-state index < -0.39 is 5.97 Å². The van der Waals surface area contributed by atoms with Gasteiger partial charge in [0.25, 0.3) is 5.03 Å². The van der Waals surface area contributed by atoms with Gasteiger partial charge in [0.05, 0.1) is 17.9 Å². The molecule has 8 heteroatoms. The Bertz CT molecular complexity index is 774. The van der Waals surface area contributed by atoms with E-state index in [9.17, 15) is 14.8 Å². The molecule has 0 aromatic carbocycles. The first-order valence-electron chi connectivity index (χ1n) is 7.88. The van der Waals surface area contributed by atoms with Crippen molar-refractivity contribution in [3.05, 3.63) is 45.6 Å². The van der Waals surface area contributed by atoms with Crippen LogP contribution in [-0.2, 0) is 16.0 Å². The number of amides is 1. The lowest BCUT2D eigenvalue weighted by Crippen LogP contribution is -2.28. The van der Waals surface area contributed by atoms with Crippen molar-refractivity contribution in [3.63, 3.8) is 0 Å². The topological polar surface area (TPSA) is 82.3 Å². The first kappa shape index (κ1) is 19.3. The Morgan fingerprint density at radius 2 is 2.12 bits per heavy atom. The first-order chi connectivity index (χ1) is 12.0. The average molecular weight is 380 g/mol. The zero-order valence-corrected chi connectivity index (χ0v) is 16.0. The number of pyridine rings is 1. The minimum absolute atomic E-state index is 0.0763. The van der Waals surface area contributed by atoms with Crippen LogP contribution in [0.4, 0.5) is 5.00 Å². The molecular formula is C17H20N2O4S2. The molecule has 0 aliphatic heterocycles. The van der Waals surface area contributed by atoms with Crippen LogP contribution in [0.15, 0.2) is 29.4 Å². The summed E-state index contributed by atoms with van der Waals surface area (Å²) in [6, 6.07) is 5.02. The largest absolute Gasteiger partial charge is 0.618 e. The number of hydrogen-bond acceptors (Lipinski definition) is 6. The van der Waals surface area contributed by atoms with Crippen molar-refractivity contribution in [2.75, 3.05) is 17.7 Å². The number of thioether (sulfide) groups is 1. The monoisotopic (exact) mass is 380 g/mol. The number of nitrogens with one attached hydrogen (secondary N) is 1. The van der Waals surface area contributed by atoms with E-state index in [0.29, 0.717) is 26.7 Å². The summed E-state index contributed by atoms with van der Waals surface area (Å²) in [5.74, 6) is -0.622. The molecular weight excluding hydrogens is 360 g/mol.